The van der Waals surface area contributed by atoms with Gasteiger partial charge in [0.25, 0.3) is 0 Å². The summed E-state index contributed by atoms with van der Waals surface area (Å²) in [6.07, 6.45) is 3.23. The zero-order chi connectivity index (χ0) is 9.68. The lowest BCUT2D eigenvalue weighted by molar-refractivity contribution is 0.972. The molecule has 0 aromatic heterocycles. The maximum atomic E-state index is 2.22. The molecule has 70 valence electrons. The third kappa shape index (κ3) is 2.35. The molecule has 0 N–H and O–H groups in total. The molecule has 0 heterocycles. The third-order valence-electron chi connectivity index (χ3n) is 2.27. The first-order valence-electron chi connectivity index (χ1n) is 4.73. The van der Waals surface area contributed by atoms with Crippen molar-refractivity contribution in [1.82, 2.24) is 0 Å². The molecule has 1 heteroatoms. The van der Waals surface area contributed by atoms with Gasteiger partial charge in [0.15, 0.2) is 0 Å². The molecule has 0 saturated carbocycles. The molecule has 0 bridgehead atoms. The topological polar surface area (TPSA) is 3.24 Å². The van der Waals surface area contributed by atoms with Crippen LogP contribution >= 0.6 is 0 Å². The van der Waals surface area contributed by atoms with Gasteiger partial charge in [-0.15, -0.1) is 0 Å². The number of hydrogen-bond donors (Lipinski definition) is 0. The highest BCUT2D eigenvalue weighted by molar-refractivity contribution is 5.50. The molecule has 0 spiro atoms. The van der Waals surface area contributed by atoms with E-state index in [0.717, 1.165) is 6.42 Å². The molecule has 0 aliphatic carbocycles. The Bertz CT molecular complexity index is 274. The largest absolute Gasteiger partial charge is 0.349 e. The number of allylic oxidation sites excluding steroid dienone is 2. The number of nitrogens with zero attached hydrogens (tertiary/aromatic N) is 1. The van der Waals surface area contributed by atoms with E-state index in [9.17, 15) is 0 Å². The molecule has 1 nitrogen and oxygen atoms in total. The first-order valence-corrected chi connectivity index (χ1v) is 4.73. The van der Waals surface area contributed by atoms with Gasteiger partial charge >= 0.3 is 0 Å². The van der Waals surface area contributed by atoms with E-state index < -0.39 is 0 Å². The first kappa shape index (κ1) is 9.85. The molecule has 0 unspecified atom stereocenters. The smallest absolute Gasteiger partial charge is 0.0405 e. The summed E-state index contributed by atoms with van der Waals surface area (Å²) in [6.45, 7) is 4.26. The zero-order valence-electron chi connectivity index (χ0n) is 8.62. The van der Waals surface area contributed by atoms with Gasteiger partial charge in [0.2, 0.25) is 0 Å². The van der Waals surface area contributed by atoms with E-state index >= 15 is 0 Å². The fourth-order valence-electron chi connectivity index (χ4n) is 1.45. The normalized spacial score (nSPS) is 11.5. The van der Waals surface area contributed by atoms with Gasteiger partial charge in [0.05, 0.1) is 0 Å². The van der Waals surface area contributed by atoms with Crippen LogP contribution in [0.4, 0.5) is 5.69 Å². The van der Waals surface area contributed by atoms with Crippen molar-refractivity contribution in [1.29, 1.82) is 0 Å². The molecule has 0 amide bonds. The lowest BCUT2D eigenvalue weighted by atomic mass is 10.2. The molecule has 0 radical (unpaired) electrons. The highest BCUT2D eigenvalue weighted by atomic mass is 15.1. The summed E-state index contributed by atoms with van der Waals surface area (Å²) in [5, 5.41) is 0. The van der Waals surface area contributed by atoms with Crippen LogP contribution in [0.5, 0.6) is 0 Å². The monoisotopic (exact) mass is 175 g/mol. The number of benzene rings is 1. The Morgan fingerprint density at radius 3 is 2.38 bits per heavy atom. The van der Waals surface area contributed by atoms with Crippen molar-refractivity contribution < 1.29 is 0 Å². The zero-order valence-corrected chi connectivity index (χ0v) is 8.62. The van der Waals surface area contributed by atoms with Gasteiger partial charge < -0.3 is 4.90 Å². The number of hydrogen-bond acceptors (Lipinski definition) is 1. The lowest BCUT2D eigenvalue weighted by Gasteiger charge is -2.21. The van der Waals surface area contributed by atoms with Crippen molar-refractivity contribution in [3.05, 3.63) is 42.1 Å². The van der Waals surface area contributed by atoms with Crippen LogP contribution in [0, 0.1) is 0 Å². The lowest BCUT2D eigenvalue weighted by Crippen LogP contribution is -2.15. The van der Waals surface area contributed by atoms with Crippen LogP contribution in [0.1, 0.15) is 20.3 Å². The highest BCUT2D eigenvalue weighted by Crippen LogP contribution is 2.17. The summed E-state index contributed by atoms with van der Waals surface area (Å²) in [4.78, 5) is 2.22. The van der Waals surface area contributed by atoms with Gasteiger partial charge in [-0.1, -0.05) is 31.2 Å². The second kappa shape index (κ2) is 4.70. The molecule has 0 atom stereocenters. The van der Waals surface area contributed by atoms with E-state index in [0.29, 0.717) is 0 Å². The second-order valence-electron chi connectivity index (χ2n) is 3.03. The predicted octanol–water partition coefficient (Wildman–Crippen LogP) is 3.44. The summed E-state index contributed by atoms with van der Waals surface area (Å²) in [5.74, 6) is 0. The summed E-state index contributed by atoms with van der Waals surface area (Å²) in [7, 11) is 2.11. The minimum Gasteiger partial charge on any atom is -0.349 e. The summed E-state index contributed by atoms with van der Waals surface area (Å²) < 4.78 is 0. The average molecular weight is 175 g/mol. The van der Waals surface area contributed by atoms with Gasteiger partial charge in [-0.3, -0.25) is 0 Å². The van der Waals surface area contributed by atoms with Crippen LogP contribution in [0.2, 0.25) is 0 Å². The van der Waals surface area contributed by atoms with E-state index in [2.05, 4.69) is 56.1 Å². The van der Waals surface area contributed by atoms with Crippen LogP contribution in [0.15, 0.2) is 42.1 Å². The third-order valence-corrected chi connectivity index (χ3v) is 2.27. The molecule has 0 aliphatic heterocycles. The van der Waals surface area contributed by atoms with Gasteiger partial charge in [0, 0.05) is 18.4 Å². The minimum atomic E-state index is 1.07. The van der Waals surface area contributed by atoms with Crippen molar-refractivity contribution in [3.8, 4) is 0 Å². The van der Waals surface area contributed by atoms with E-state index in [1.165, 1.54) is 11.4 Å². The van der Waals surface area contributed by atoms with Crippen LogP contribution in [0.3, 0.4) is 0 Å². The van der Waals surface area contributed by atoms with Crippen molar-refractivity contribution in [2.24, 2.45) is 0 Å². The molecule has 0 fully saturated rings. The Balaban J connectivity index is 2.85. The predicted molar refractivity (Wildman–Crippen MR) is 58.9 cm³/mol. The SMILES string of the molecule is C/C=C(\CC)N(C)c1ccccc1. The standard InChI is InChI=1S/C12H17N/c1-4-11(5-2)13(3)12-9-7-6-8-10-12/h4,6-10H,5H2,1-3H3/b11-4+. The van der Waals surface area contributed by atoms with Crippen molar-refractivity contribution in [2.45, 2.75) is 20.3 Å². The molecular weight excluding hydrogens is 158 g/mol. The average Bonchev–Trinajstić information content (AvgIpc) is 2.21. The molecular formula is C12H17N. The van der Waals surface area contributed by atoms with Crippen LogP contribution < -0.4 is 4.90 Å². The quantitative estimate of drug-likeness (QED) is 0.680. The van der Waals surface area contributed by atoms with Gasteiger partial charge in [-0.25, -0.2) is 0 Å². The minimum absolute atomic E-state index is 1.07. The molecule has 1 aromatic carbocycles. The summed E-state index contributed by atoms with van der Waals surface area (Å²) in [5.41, 5.74) is 2.60. The van der Waals surface area contributed by atoms with Crippen molar-refractivity contribution >= 4 is 5.69 Å². The van der Waals surface area contributed by atoms with Crippen LogP contribution in [0.25, 0.3) is 0 Å². The fraction of sp³-hybridized carbons (Fsp3) is 0.333. The Morgan fingerprint density at radius 2 is 1.92 bits per heavy atom. The number of rotatable bonds is 3. The van der Waals surface area contributed by atoms with Crippen LogP contribution in [-0.2, 0) is 0 Å². The molecule has 1 aromatic rings. The Hall–Kier alpha value is -1.24. The van der Waals surface area contributed by atoms with E-state index in [-0.39, 0.29) is 0 Å². The molecule has 13 heavy (non-hydrogen) atoms. The molecule has 0 aliphatic rings. The molecule has 0 saturated heterocycles. The second-order valence-corrected chi connectivity index (χ2v) is 3.03. The number of para-hydroxylation sites is 1. The summed E-state index contributed by atoms with van der Waals surface area (Å²) in [6, 6.07) is 10.4. The van der Waals surface area contributed by atoms with Gasteiger partial charge in [-0.2, -0.15) is 0 Å². The van der Waals surface area contributed by atoms with Crippen molar-refractivity contribution in [3.63, 3.8) is 0 Å². The highest BCUT2D eigenvalue weighted by Gasteiger charge is 2.02. The summed E-state index contributed by atoms with van der Waals surface area (Å²) >= 11 is 0. The van der Waals surface area contributed by atoms with Crippen LogP contribution in [-0.4, -0.2) is 7.05 Å². The fourth-order valence-corrected chi connectivity index (χ4v) is 1.45. The maximum absolute atomic E-state index is 2.22. The number of anilines is 1. The van der Waals surface area contributed by atoms with Gasteiger partial charge in [-0.05, 0) is 25.5 Å². The maximum Gasteiger partial charge on any atom is 0.0405 e. The van der Waals surface area contributed by atoms with E-state index in [4.69, 9.17) is 0 Å². The molecule has 1 rings (SSSR count). The first-order chi connectivity index (χ1) is 6.29. The Labute approximate surface area is 80.7 Å². The van der Waals surface area contributed by atoms with E-state index in [1.54, 1.807) is 0 Å². The van der Waals surface area contributed by atoms with E-state index in [1.807, 2.05) is 6.07 Å². The Kier molecular flexibility index (Phi) is 3.56. The van der Waals surface area contributed by atoms with Gasteiger partial charge in [0.1, 0.15) is 0 Å². The van der Waals surface area contributed by atoms with Crippen molar-refractivity contribution in [2.75, 3.05) is 11.9 Å². The Morgan fingerprint density at radius 1 is 1.31 bits per heavy atom.